The van der Waals surface area contributed by atoms with Crippen LogP contribution in [0.2, 0.25) is 5.02 Å². The number of furan rings is 1. The lowest BCUT2D eigenvalue weighted by atomic mass is 9.94. The molecule has 5 heteroatoms. The molecule has 0 bridgehead atoms. The molecule has 1 aliphatic rings. The normalized spacial score (nSPS) is 15.9. The SMILES string of the molecule is CCc1nc(C2CCNCC2)c2oc(-c3ccc(Cl)cc3)cc2n1. The van der Waals surface area contributed by atoms with Gasteiger partial charge in [0.05, 0.1) is 5.69 Å². The number of piperidine rings is 1. The quantitative estimate of drug-likeness (QED) is 0.758. The van der Waals surface area contributed by atoms with E-state index in [1.165, 1.54) is 0 Å². The number of fused-ring (bicyclic) bond motifs is 1. The summed E-state index contributed by atoms with van der Waals surface area (Å²) in [6.45, 7) is 4.15. The molecule has 2 aromatic heterocycles. The van der Waals surface area contributed by atoms with Gasteiger partial charge in [-0.1, -0.05) is 18.5 Å². The number of nitrogens with one attached hydrogen (secondary N) is 1. The van der Waals surface area contributed by atoms with Crippen molar-refractivity contribution in [3.8, 4) is 11.3 Å². The average Bonchev–Trinajstić information content (AvgIpc) is 3.06. The summed E-state index contributed by atoms with van der Waals surface area (Å²) in [7, 11) is 0. The maximum Gasteiger partial charge on any atom is 0.175 e. The van der Waals surface area contributed by atoms with Crippen molar-refractivity contribution in [2.24, 2.45) is 0 Å². The van der Waals surface area contributed by atoms with E-state index in [-0.39, 0.29) is 0 Å². The zero-order valence-corrected chi connectivity index (χ0v) is 14.4. The van der Waals surface area contributed by atoms with Crippen molar-refractivity contribution < 1.29 is 4.42 Å². The number of benzene rings is 1. The standard InChI is InChI=1S/C19H20ClN3O/c1-2-17-22-15-11-16(12-3-5-14(20)6-4-12)24-19(15)18(23-17)13-7-9-21-10-8-13/h3-6,11,13,21H,2,7-10H2,1H3. The summed E-state index contributed by atoms with van der Waals surface area (Å²) in [5, 5.41) is 4.13. The lowest BCUT2D eigenvalue weighted by molar-refractivity contribution is 0.449. The predicted octanol–water partition coefficient (Wildman–Crippen LogP) is 4.57. The van der Waals surface area contributed by atoms with E-state index in [4.69, 9.17) is 21.0 Å². The minimum atomic E-state index is 0.436. The maximum atomic E-state index is 6.19. The fourth-order valence-electron chi connectivity index (χ4n) is 3.29. The molecule has 1 saturated heterocycles. The second-order valence-electron chi connectivity index (χ2n) is 6.23. The number of hydrogen-bond donors (Lipinski definition) is 1. The van der Waals surface area contributed by atoms with Crippen molar-refractivity contribution in [1.29, 1.82) is 0 Å². The van der Waals surface area contributed by atoms with Gasteiger partial charge in [0.2, 0.25) is 0 Å². The second kappa shape index (κ2) is 6.54. The highest BCUT2D eigenvalue weighted by atomic mass is 35.5. The zero-order valence-electron chi connectivity index (χ0n) is 13.7. The molecule has 4 nitrogen and oxygen atoms in total. The Bertz CT molecular complexity index is 851. The lowest BCUT2D eigenvalue weighted by Crippen LogP contribution is -2.27. The molecule has 124 valence electrons. The number of aryl methyl sites for hydroxylation is 1. The van der Waals surface area contributed by atoms with Crippen molar-refractivity contribution >= 4 is 22.7 Å². The van der Waals surface area contributed by atoms with Gasteiger partial charge < -0.3 is 9.73 Å². The van der Waals surface area contributed by atoms with Crippen LogP contribution in [-0.4, -0.2) is 23.1 Å². The van der Waals surface area contributed by atoms with Crippen LogP contribution in [0.15, 0.2) is 34.7 Å². The minimum Gasteiger partial charge on any atom is -0.452 e. The molecule has 0 spiro atoms. The lowest BCUT2D eigenvalue weighted by Gasteiger charge is -2.22. The molecule has 0 amide bonds. The van der Waals surface area contributed by atoms with E-state index in [1.807, 2.05) is 30.3 Å². The van der Waals surface area contributed by atoms with Crippen molar-refractivity contribution in [1.82, 2.24) is 15.3 Å². The summed E-state index contributed by atoms with van der Waals surface area (Å²) in [4.78, 5) is 9.48. The first-order valence-electron chi connectivity index (χ1n) is 8.51. The van der Waals surface area contributed by atoms with Crippen LogP contribution in [-0.2, 0) is 6.42 Å². The highest BCUT2D eigenvalue weighted by Gasteiger charge is 2.23. The Kier molecular flexibility index (Phi) is 4.25. The van der Waals surface area contributed by atoms with Gasteiger partial charge in [0, 0.05) is 29.0 Å². The largest absolute Gasteiger partial charge is 0.452 e. The molecular weight excluding hydrogens is 322 g/mol. The average molecular weight is 342 g/mol. The van der Waals surface area contributed by atoms with Gasteiger partial charge in [-0.2, -0.15) is 0 Å². The van der Waals surface area contributed by atoms with Crippen LogP contribution in [0, 0.1) is 0 Å². The van der Waals surface area contributed by atoms with E-state index in [0.29, 0.717) is 5.92 Å². The summed E-state index contributed by atoms with van der Waals surface area (Å²) in [6, 6.07) is 9.71. The van der Waals surface area contributed by atoms with Crippen molar-refractivity contribution in [2.45, 2.75) is 32.1 Å². The van der Waals surface area contributed by atoms with Crippen molar-refractivity contribution in [3.05, 3.63) is 46.9 Å². The summed E-state index contributed by atoms with van der Waals surface area (Å²) in [6.07, 6.45) is 3.01. The Morgan fingerprint density at radius 3 is 2.62 bits per heavy atom. The Hall–Kier alpha value is -1.91. The highest BCUT2D eigenvalue weighted by Crippen LogP contribution is 2.34. The molecule has 4 rings (SSSR count). The fourth-order valence-corrected chi connectivity index (χ4v) is 3.41. The molecule has 0 atom stereocenters. The summed E-state index contributed by atoms with van der Waals surface area (Å²) in [5.74, 6) is 2.14. The van der Waals surface area contributed by atoms with Gasteiger partial charge in [0.25, 0.3) is 0 Å². The van der Waals surface area contributed by atoms with Crippen LogP contribution in [0.4, 0.5) is 0 Å². The maximum absolute atomic E-state index is 6.19. The molecule has 1 fully saturated rings. The first-order chi connectivity index (χ1) is 11.7. The summed E-state index contributed by atoms with van der Waals surface area (Å²) < 4.78 is 6.19. The molecule has 0 saturated carbocycles. The van der Waals surface area contributed by atoms with Crippen LogP contribution in [0.25, 0.3) is 22.4 Å². The molecule has 24 heavy (non-hydrogen) atoms. The van der Waals surface area contributed by atoms with Crippen molar-refractivity contribution in [2.75, 3.05) is 13.1 Å². The zero-order chi connectivity index (χ0) is 16.5. The van der Waals surface area contributed by atoms with E-state index in [9.17, 15) is 0 Å². The molecule has 1 N–H and O–H groups in total. The number of halogens is 1. The van der Waals surface area contributed by atoms with Crippen LogP contribution < -0.4 is 5.32 Å². The van der Waals surface area contributed by atoms with E-state index in [2.05, 4.69) is 17.2 Å². The molecule has 3 heterocycles. The molecule has 3 aromatic rings. The molecule has 0 radical (unpaired) electrons. The Morgan fingerprint density at radius 1 is 1.17 bits per heavy atom. The van der Waals surface area contributed by atoms with Crippen LogP contribution in [0.3, 0.4) is 0 Å². The third-order valence-corrected chi connectivity index (χ3v) is 4.87. The molecular formula is C19H20ClN3O. The third-order valence-electron chi connectivity index (χ3n) is 4.61. The topological polar surface area (TPSA) is 51.0 Å². The van der Waals surface area contributed by atoms with Crippen LogP contribution in [0.5, 0.6) is 0 Å². The van der Waals surface area contributed by atoms with Gasteiger partial charge in [0.1, 0.15) is 17.1 Å². The monoisotopic (exact) mass is 341 g/mol. The number of rotatable bonds is 3. The highest BCUT2D eigenvalue weighted by molar-refractivity contribution is 6.30. The number of aromatic nitrogens is 2. The van der Waals surface area contributed by atoms with Gasteiger partial charge in [-0.25, -0.2) is 9.97 Å². The smallest absolute Gasteiger partial charge is 0.175 e. The Morgan fingerprint density at radius 2 is 1.92 bits per heavy atom. The van der Waals surface area contributed by atoms with Gasteiger partial charge in [0.15, 0.2) is 5.58 Å². The molecule has 1 aliphatic heterocycles. The summed E-state index contributed by atoms with van der Waals surface area (Å²) >= 11 is 5.99. The molecule has 1 aromatic carbocycles. The minimum absolute atomic E-state index is 0.436. The van der Waals surface area contributed by atoms with E-state index in [0.717, 1.165) is 71.3 Å². The van der Waals surface area contributed by atoms with E-state index < -0.39 is 0 Å². The van der Waals surface area contributed by atoms with Gasteiger partial charge in [-0.3, -0.25) is 0 Å². The Labute approximate surface area is 146 Å². The van der Waals surface area contributed by atoms with Crippen LogP contribution >= 0.6 is 11.6 Å². The van der Waals surface area contributed by atoms with Gasteiger partial charge in [-0.05, 0) is 50.2 Å². The number of hydrogen-bond acceptors (Lipinski definition) is 4. The number of nitrogens with zero attached hydrogens (tertiary/aromatic N) is 2. The summed E-state index contributed by atoms with van der Waals surface area (Å²) in [5.41, 5.74) is 3.81. The second-order valence-corrected chi connectivity index (χ2v) is 6.67. The fraction of sp³-hybridized carbons (Fsp3) is 0.368. The predicted molar refractivity (Wildman–Crippen MR) is 96.5 cm³/mol. The van der Waals surface area contributed by atoms with Crippen molar-refractivity contribution in [3.63, 3.8) is 0 Å². The molecule has 0 unspecified atom stereocenters. The van der Waals surface area contributed by atoms with Crippen LogP contribution in [0.1, 0.15) is 37.2 Å². The van der Waals surface area contributed by atoms with Gasteiger partial charge in [-0.15, -0.1) is 0 Å². The molecule has 0 aliphatic carbocycles. The third kappa shape index (κ3) is 2.92. The first-order valence-corrected chi connectivity index (χ1v) is 8.89. The van der Waals surface area contributed by atoms with E-state index in [1.54, 1.807) is 0 Å². The first kappa shape index (κ1) is 15.6. The van der Waals surface area contributed by atoms with E-state index >= 15 is 0 Å². The Balaban J connectivity index is 1.83. The van der Waals surface area contributed by atoms with Gasteiger partial charge >= 0.3 is 0 Å².